The third-order valence-electron chi connectivity index (χ3n) is 11.1. The number of hydrogen-bond donors (Lipinski definition) is 1. The van der Waals surface area contributed by atoms with E-state index in [0.29, 0.717) is 23.5 Å². The summed E-state index contributed by atoms with van der Waals surface area (Å²) in [5.41, 5.74) is 3.90. The van der Waals surface area contributed by atoms with Gasteiger partial charge < -0.3 is 43.3 Å². The summed E-state index contributed by atoms with van der Waals surface area (Å²) in [6.45, 7) is 4.53. The lowest BCUT2D eigenvalue weighted by Gasteiger charge is -2.40. The number of carboxylic acids is 1. The second-order valence-electron chi connectivity index (χ2n) is 15.7. The van der Waals surface area contributed by atoms with E-state index in [-0.39, 0.29) is 44.3 Å². The van der Waals surface area contributed by atoms with Crippen molar-refractivity contribution >= 4 is 35.7 Å². The maximum atomic E-state index is 14.6. The summed E-state index contributed by atoms with van der Waals surface area (Å²) in [6.07, 6.45) is -0.231. The third kappa shape index (κ3) is 10.7. The number of fused-ring (bicyclic) bond motifs is 3. The molecular formula is C48H50N2O13. The number of piperazine rings is 1. The molecule has 1 aliphatic carbocycles. The molecule has 1 aliphatic heterocycles. The number of carboxylic acid groups (broad SMARTS) is 1. The number of Topliss-reactive ketones (excluding diaryl/α,β-unsaturated/α-hetero) is 1. The highest BCUT2D eigenvalue weighted by Gasteiger charge is 2.45. The number of ether oxygens (including phenoxy) is 6. The van der Waals surface area contributed by atoms with E-state index in [2.05, 4.69) is 6.58 Å². The molecule has 1 fully saturated rings. The molecule has 15 heteroatoms. The topological polar surface area (TPSA) is 185 Å². The van der Waals surface area contributed by atoms with Crippen molar-refractivity contribution in [2.75, 3.05) is 53.7 Å². The number of nitrogens with zero attached hydrogens (tertiary/aromatic N) is 2. The number of aryl methyl sites for hydroxylation is 1. The Morgan fingerprint density at radius 3 is 2.17 bits per heavy atom. The van der Waals surface area contributed by atoms with Crippen LogP contribution in [-0.2, 0) is 44.6 Å². The fourth-order valence-corrected chi connectivity index (χ4v) is 7.67. The summed E-state index contributed by atoms with van der Waals surface area (Å²) in [5.74, 6) is -3.86. The molecule has 330 valence electrons. The number of ketones is 1. The molecule has 1 N–H and O–H groups in total. The average molecular weight is 863 g/mol. The molecule has 1 unspecified atom stereocenters. The first-order valence-electron chi connectivity index (χ1n) is 20.3. The first-order chi connectivity index (χ1) is 30.2. The van der Waals surface area contributed by atoms with Gasteiger partial charge in [0.25, 0.3) is 5.91 Å². The molecule has 1 saturated heterocycles. The molecule has 0 radical (unpaired) electrons. The van der Waals surface area contributed by atoms with Crippen LogP contribution in [0.1, 0.15) is 54.5 Å². The Hall–Kier alpha value is -7.16. The summed E-state index contributed by atoms with van der Waals surface area (Å²) in [4.78, 5) is 82.0. The van der Waals surface area contributed by atoms with Crippen molar-refractivity contribution in [2.45, 2.75) is 44.8 Å². The summed E-state index contributed by atoms with van der Waals surface area (Å²) in [7, 11) is 3.03. The molecule has 0 aromatic heterocycles. The highest BCUT2D eigenvalue weighted by molar-refractivity contribution is 6.38. The Morgan fingerprint density at radius 2 is 1.52 bits per heavy atom. The lowest BCUT2D eigenvalue weighted by molar-refractivity contribution is -0.166. The number of methoxy groups -OCH3 is 2. The minimum absolute atomic E-state index is 0.00965. The number of amides is 2. The van der Waals surface area contributed by atoms with Gasteiger partial charge in [0, 0.05) is 25.1 Å². The number of hydrogen-bond acceptors (Lipinski definition) is 12. The van der Waals surface area contributed by atoms with E-state index in [1.165, 1.54) is 33.0 Å². The standard InChI is InChI=1S/C48H50N2O13/c1-6-43(53)62-29-48(2,3)44(54)45(55)50-23-22-49(47(57)61-27-37-35-16-9-7-14-33(35)34-15-8-10-17-36(34)37)26-38(50)46(56)63-39(31-12-11-13-32(25-31)60-28-42(51)52)20-18-30-19-21-40(58-4)41(24-30)59-5/h6-17,19,21,24-25,37-39H,1,18,20,22-23,26-29H2,2-5H3,(H,51,52)/t38?,39-/m1/s1. The molecular weight excluding hydrogens is 813 g/mol. The Morgan fingerprint density at radius 1 is 0.841 bits per heavy atom. The number of carbonyl (C=O) groups excluding carboxylic acids is 5. The first kappa shape index (κ1) is 45.4. The van der Waals surface area contributed by atoms with E-state index in [4.69, 9.17) is 28.4 Å². The Bertz CT molecular complexity index is 2330. The Balaban J connectivity index is 1.27. The van der Waals surface area contributed by atoms with Crippen LogP contribution in [0, 0.1) is 5.41 Å². The van der Waals surface area contributed by atoms with Gasteiger partial charge in [-0.25, -0.2) is 19.2 Å². The van der Waals surface area contributed by atoms with Gasteiger partial charge in [0.2, 0.25) is 5.78 Å². The summed E-state index contributed by atoms with van der Waals surface area (Å²) < 4.78 is 33.6. The van der Waals surface area contributed by atoms with Crippen LogP contribution in [-0.4, -0.2) is 110 Å². The summed E-state index contributed by atoms with van der Waals surface area (Å²) in [6, 6.07) is 26.1. The average Bonchev–Trinajstić information content (AvgIpc) is 3.62. The van der Waals surface area contributed by atoms with Crippen LogP contribution in [0.2, 0.25) is 0 Å². The molecule has 1 heterocycles. The SMILES string of the molecule is C=CC(=O)OCC(C)(C)C(=O)C(=O)N1CCN(C(=O)OCC2c3ccccc3-c3ccccc32)CC1C(=O)O[C@H](CCc1ccc(OC)c(OC)c1)c1cccc(OCC(=O)O)c1. The van der Waals surface area contributed by atoms with Crippen molar-refractivity contribution in [1.29, 1.82) is 0 Å². The van der Waals surface area contributed by atoms with Crippen LogP contribution in [0.5, 0.6) is 17.2 Å². The van der Waals surface area contributed by atoms with Crippen molar-refractivity contribution in [3.05, 3.63) is 126 Å². The van der Waals surface area contributed by atoms with Crippen LogP contribution in [0.4, 0.5) is 4.79 Å². The van der Waals surface area contributed by atoms with Gasteiger partial charge in [0.1, 0.15) is 31.1 Å². The molecule has 6 rings (SSSR count). The van der Waals surface area contributed by atoms with Crippen LogP contribution >= 0.6 is 0 Å². The molecule has 15 nitrogen and oxygen atoms in total. The molecule has 0 saturated carbocycles. The van der Waals surface area contributed by atoms with Crippen molar-refractivity contribution in [3.8, 4) is 28.4 Å². The van der Waals surface area contributed by atoms with Gasteiger partial charge in [-0.1, -0.05) is 73.3 Å². The van der Waals surface area contributed by atoms with E-state index in [9.17, 15) is 33.9 Å². The van der Waals surface area contributed by atoms with Crippen LogP contribution in [0.3, 0.4) is 0 Å². The quantitative estimate of drug-likeness (QED) is 0.0519. The lowest BCUT2D eigenvalue weighted by Crippen LogP contribution is -2.62. The maximum absolute atomic E-state index is 14.6. The van der Waals surface area contributed by atoms with Crippen LogP contribution < -0.4 is 14.2 Å². The summed E-state index contributed by atoms with van der Waals surface area (Å²) >= 11 is 0. The molecule has 2 atom stereocenters. The molecule has 2 amide bonds. The predicted molar refractivity (Wildman–Crippen MR) is 228 cm³/mol. The summed E-state index contributed by atoms with van der Waals surface area (Å²) in [5, 5.41) is 9.23. The van der Waals surface area contributed by atoms with Crippen molar-refractivity contribution in [3.63, 3.8) is 0 Å². The lowest BCUT2D eigenvalue weighted by atomic mass is 9.87. The van der Waals surface area contributed by atoms with E-state index in [1.54, 1.807) is 36.4 Å². The maximum Gasteiger partial charge on any atom is 0.409 e. The Labute approximate surface area is 365 Å². The van der Waals surface area contributed by atoms with Gasteiger partial charge in [-0.2, -0.15) is 0 Å². The molecule has 0 spiro atoms. The second-order valence-corrected chi connectivity index (χ2v) is 15.7. The van der Waals surface area contributed by atoms with Gasteiger partial charge in [0.15, 0.2) is 18.1 Å². The highest BCUT2D eigenvalue weighted by atomic mass is 16.6. The number of aliphatic carboxylic acids is 1. The van der Waals surface area contributed by atoms with E-state index in [1.807, 2.05) is 54.6 Å². The second kappa shape index (κ2) is 20.1. The van der Waals surface area contributed by atoms with E-state index >= 15 is 0 Å². The molecule has 2 aliphatic rings. The van der Waals surface area contributed by atoms with Crippen molar-refractivity contribution < 1.29 is 62.3 Å². The van der Waals surface area contributed by atoms with Gasteiger partial charge in [0.05, 0.1) is 26.2 Å². The molecule has 4 aromatic carbocycles. The van der Waals surface area contributed by atoms with Crippen molar-refractivity contribution in [2.24, 2.45) is 5.41 Å². The van der Waals surface area contributed by atoms with E-state index in [0.717, 1.165) is 38.8 Å². The van der Waals surface area contributed by atoms with Gasteiger partial charge in [-0.05, 0) is 84.3 Å². The normalized spacial score (nSPS) is 15.0. The number of esters is 2. The molecule has 0 bridgehead atoms. The zero-order valence-electron chi connectivity index (χ0n) is 35.6. The number of rotatable bonds is 18. The van der Waals surface area contributed by atoms with Crippen molar-refractivity contribution in [1.82, 2.24) is 9.80 Å². The predicted octanol–water partition coefficient (Wildman–Crippen LogP) is 6.17. The van der Waals surface area contributed by atoms with Gasteiger partial charge in [-0.3, -0.25) is 9.59 Å². The minimum atomic E-state index is -1.49. The third-order valence-corrected chi connectivity index (χ3v) is 11.1. The minimum Gasteiger partial charge on any atom is -0.493 e. The van der Waals surface area contributed by atoms with Crippen LogP contribution in [0.25, 0.3) is 11.1 Å². The fraction of sp³-hybridized carbons (Fsp3) is 0.333. The zero-order chi connectivity index (χ0) is 45.3. The van der Waals surface area contributed by atoms with Gasteiger partial charge >= 0.3 is 24.0 Å². The first-order valence-corrected chi connectivity index (χ1v) is 20.3. The Kier molecular flexibility index (Phi) is 14.5. The number of carbonyl (C=O) groups is 6. The monoisotopic (exact) mass is 862 g/mol. The van der Waals surface area contributed by atoms with E-state index < -0.39 is 66.5 Å². The zero-order valence-corrected chi connectivity index (χ0v) is 35.6. The molecule has 63 heavy (non-hydrogen) atoms. The van der Waals surface area contributed by atoms with Crippen LogP contribution in [0.15, 0.2) is 104 Å². The molecule has 4 aromatic rings. The highest BCUT2D eigenvalue weighted by Crippen LogP contribution is 2.44. The smallest absolute Gasteiger partial charge is 0.409 e. The fourth-order valence-electron chi connectivity index (χ4n) is 7.67. The number of benzene rings is 4. The van der Waals surface area contributed by atoms with Gasteiger partial charge in [-0.15, -0.1) is 0 Å². The largest absolute Gasteiger partial charge is 0.493 e.